The first kappa shape index (κ1) is 21.0. The van der Waals surface area contributed by atoms with Crippen LogP contribution in [-0.2, 0) is 17.6 Å². The lowest BCUT2D eigenvalue weighted by Crippen LogP contribution is -3.27. The number of thiophene rings is 1. The Morgan fingerprint density at radius 3 is 2.57 bits per heavy atom. The second kappa shape index (κ2) is 9.29. The number of amides is 2. The highest BCUT2D eigenvalue weighted by Gasteiger charge is 2.29. The van der Waals surface area contributed by atoms with Gasteiger partial charge >= 0.3 is 0 Å². The molecule has 1 aliphatic carbocycles. The number of quaternary nitrogens is 2. The fourth-order valence-corrected chi connectivity index (χ4v) is 5.82. The molecule has 7 heteroatoms. The number of benzene rings is 1. The van der Waals surface area contributed by atoms with Gasteiger partial charge in [-0.1, -0.05) is 25.1 Å². The van der Waals surface area contributed by atoms with Gasteiger partial charge in [0.15, 0.2) is 6.54 Å². The molecule has 0 radical (unpaired) electrons. The molecule has 1 saturated heterocycles. The van der Waals surface area contributed by atoms with Gasteiger partial charge in [0.05, 0.1) is 12.6 Å². The Morgan fingerprint density at radius 2 is 1.83 bits per heavy atom. The lowest BCUT2D eigenvalue weighted by Gasteiger charge is -2.26. The lowest BCUT2D eigenvalue weighted by molar-refractivity contribution is -0.999. The van der Waals surface area contributed by atoms with Gasteiger partial charge in [0.2, 0.25) is 0 Å². The minimum atomic E-state index is -0.126. The molecule has 1 aliphatic heterocycles. The van der Waals surface area contributed by atoms with Crippen LogP contribution in [0.1, 0.15) is 34.1 Å². The van der Waals surface area contributed by atoms with Crippen molar-refractivity contribution in [2.45, 2.75) is 26.2 Å². The number of piperazine rings is 1. The van der Waals surface area contributed by atoms with Crippen molar-refractivity contribution in [2.75, 3.05) is 50.4 Å². The Labute approximate surface area is 182 Å². The van der Waals surface area contributed by atoms with Gasteiger partial charge in [0, 0.05) is 10.6 Å². The van der Waals surface area contributed by atoms with E-state index in [1.54, 1.807) is 11.3 Å². The Kier molecular flexibility index (Phi) is 6.51. The molecule has 2 heterocycles. The number of carbonyl (C=O) groups excluding carboxylic acids is 2. The summed E-state index contributed by atoms with van der Waals surface area (Å²) in [5.74, 6) is 0.492. The number of likely N-dealkylation sites (N-methyl/N-ethyl adjacent to an activating group) is 1. The van der Waals surface area contributed by atoms with Gasteiger partial charge in [-0.15, -0.1) is 11.3 Å². The smallest absolute Gasteiger partial charge is 0.280 e. The quantitative estimate of drug-likeness (QED) is 0.560. The summed E-state index contributed by atoms with van der Waals surface area (Å²) in [5, 5.41) is 6.83. The van der Waals surface area contributed by atoms with Crippen LogP contribution >= 0.6 is 11.3 Å². The molecule has 160 valence electrons. The molecule has 6 nitrogen and oxygen atoms in total. The number of rotatable bonds is 5. The second-order valence-corrected chi connectivity index (χ2v) is 9.91. The van der Waals surface area contributed by atoms with Gasteiger partial charge < -0.3 is 20.4 Å². The largest absolute Gasteiger partial charge is 0.328 e. The van der Waals surface area contributed by atoms with Gasteiger partial charge in [-0.05, 0) is 42.9 Å². The van der Waals surface area contributed by atoms with Crippen LogP contribution in [0.25, 0.3) is 0 Å². The number of nitrogens with one attached hydrogen (secondary N) is 4. The summed E-state index contributed by atoms with van der Waals surface area (Å²) >= 11 is 1.59. The Morgan fingerprint density at radius 1 is 1.10 bits per heavy atom. The van der Waals surface area contributed by atoms with Gasteiger partial charge in [-0.25, -0.2) is 0 Å². The van der Waals surface area contributed by atoms with E-state index in [0.717, 1.165) is 56.7 Å². The summed E-state index contributed by atoms with van der Waals surface area (Å²) in [6.45, 7) is 6.94. The molecule has 1 atom stereocenters. The Bertz CT molecular complexity index is 903. The molecule has 0 bridgehead atoms. The summed E-state index contributed by atoms with van der Waals surface area (Å²) in [6, 6.07) is 9.51. The normalized spacial score (nSPS) is 23.5. The number of para-hydroxylation sites is 1. The van der Waals surface area contributed by atoms with Crippen LogP contribution in [0.4, 0.5) is 10.7 Å². The molecule has 0 saturated carbocycles. The van der Waals surface area contributed by atoms with Crippen LogP contribution in [0, 0.1) is 5.92 Å². The van der Waals surface area contributed by atoms with E-state index in [1.807, 2.05) is 30.3 Å². The average Bonchev–Trinajstić information content (AvgIpc) is 3.07. The first-order valence-electron chi connectivity index (χ1n) is 10.9. The van der Waals surface area contributed by atoms with Gasteiger partial charge in [-0.3, -0.25) is 9.59 Å². The topological polar surface area (TPSA) is 67.1 Å². The fraction of sp³-hybridized carbons (Fsp3) is 0.478. The lowest BCUT2D eigenvalue weighted by atomic mass is 9.88. The van der Waals surface area contributed by atoms with Crippen molar-refractivity contribution in [3.05, 3.63) is 46.3 Å². The third-order valence-electron chi connectivity index (χ3n) is 6.24. The predicted molar refractivity (Wildman–Crippen MR) is 121 cm³/mol. The van der Waals surface area contributed by atoms with E-state index in [2.05, 4.69) is 24.6 Å². The monoisotopic (exact) mass is 428 g/mol. The van der Waals surface area contributed by atoms with Crippen molar-refractivity contribution in [3.8, 4) is 0 Å². The number of anilines is 2. The molecular formula is C23H32N4O2S+2. The van der Waals surface area contributed by atoms with Crippen molar-refractivity contribution in [3.63, 3.8) is 0 Å². The molecular weight excluding hydrogens is 396 g/mol. The van der Waals surface area contributed by atoms with Gasteiger partial charge in [-0.2, -0.15) is 0 Å². The van der Waals surface area contributed by atoms with E-state index >= 15 is 0 Å². The highest BCUT2D eigenvalue weighted by molar-refractivity contribution is 7.17. The van der Waals surface area contributed by atoms with Crippen LogP contribution < -0.4 is 20.4 Å². The van der Waals surface area contributed by atoms with Crippen LogP contribution in [0.15, 0.2) is 30.3 Å². The van der Waals surface area contributed by atoms with Gasteiger partial charge in [0.25, 0.3) is 11.8 Å². The molecule has 1 aromatic carbocycles. The zero-order chi connectivity index (χ0) is 21.1. The minimum Gasteiger partial charge on any atom is -0.328 e. The number of hydrogen-bond acceptors (Lipinski definition) is 3. The molecule has 1 aromatic heterocycles. The number of carbonyl (C=O) groups is 2. The molecule has 1 fully saturated rings. The third kappa shape index (κ3) is 4.91. The number of fused-ring (bicyclic) bond motifs is 1. The highest BCUT2D eigenvalue weighted by Crippen LogP contribution is 2.40. The van der Waals surface area contributed by atoms with Crippen LogP contribution in [-0.4, -0.2) is 51.6 Å². The standard InChI is InChI=1S/C23H30N4O2S/c1-16-8-9-18-19(14-16)30-23(21(18)22(29)24-17-6-4-3-5-7-17)25-20(28)15-27-12-10-26(2)11-13-27/h3-7,16H,8-15H2,1-2H3,(H,24,29)(H,25,28)/p+2/t16-/m1/s1. The summed E-state index contributed by atoms with van der Waals surface area (Å²) in [6.07, 6.45) is 2.96. The third-order valence-corrected chi connectivity index (χ3v) is 7.41. The molecule has 2 amide bonds. The zero-order valence-corrected chi connectivity index (χ0v) is 18.7. The van der Waals surface area contributed by atoms with Crippen LogP contribution in [0.5, 0.6) is 0 Å². The minimum absolute atomic E-state index is 0.00459. The number of hydrogen-bond donors (Lipinski definition) is 4. The highest BCUT2D eigenvalue weighted by atomic mass is 32.1. The second-order valence-electron chi connectivity index (χ2n) is 8.81. The predicted octanol–water partition coefficient (Wildman–Crippen LogP) is 0.477. The van der Waals surface area contributed by atoms with E-state index in [4.69, 9.17) is 0 Å². The average molecular weight is 429 g/mol. The fourth-order valence-electron chi connectivity index (χ4n) is 4.40. The maximum absolute atomic E-state index is 13.2. The van der Waals surface area contributed by atoms with E-state index in [9.17, 15) is 9.59 Å². The SMILES string of the molecule is C[C@@H]1CCc2c(sc(NC(=O)C[NH+]3CC[NH+](C)CC3)c2C(=O)Nc2ccccc2)C1. The van der Waals surface area contributed by atoms with E-state index in [0.29, 0.717) is 23.0 Å². The molecule has 2 aromatic rings. The van der Waals surface area contributed by atoms with Gasteiger partial charge in [0.1, 0.15) is 31.2 Å². The molecule has 30 heavy (non-hydrogen) atoms. The van der Waals surface area contributed by atoms with Crippen LogP contribution in [0.3, 0.4) is 0 Å². The molecule has 0 unspecified atom stereocenters. The Hall–Kier alpha value is -2.22. The van der Waals surface area contributed by atoms with E-state index < -0.39 is 0 Å². The molecule has 2 aliphatic rings. The van der Waals surface area contributed by atoms with Crippen molar-refractivity contribution in [2.24, 2.45) is 5.92 Å². The van der Waals surface area contributed by atoms with Crippen molar-refractivity contribution < 1.29 is 19.4 Å². The summed E-state index contributed by atoms with van der Waals surface area (Å²) in [4.78, 5) is 30.1. The van der Waals surface area contributed by atoms with Crippen molar-refractivity contribution in [1.29, 1.82) is 0 Å². The van der Waals surface area contributed by atoms with Crippen molar-refractivity contribution >= 4 is 33.8 Å². The summed E-state index contributed by atoms with van der Waals surface area (Å²) in [7, 11) is 2.20. The summed E-state index contributed by atoms with van der Waals surface area (Å²) in [5.41, 5.74) is 2.56. The molecule has 4 N–H and O–H groups in total. The van der Waals surface area contributed by atoms with E-state index in [1.165, 1.54) is 14.7 Å². The first-order chi connectivity index (χ1) is 14.5. The molecule has 0 spiro atoms. The molecule has 4 rings (SSSR count). The maximum Gasteiger partial charge on any atom is 0.280 e. The van der Waals surface area contributed by atoms with E-state index in [-0.39, 0.29) is 11.8 Å². The van der Waals surface area contributed by atoms with Crippen molar-refractivity contribution in [1.82, 2.24) is 0 Å². The first-order valence-corrected chi connectivity index (χ1v) is 11.8. The Balaban J connectivity index is 1.52. The summed E-state index contributed by atoms with van der Waals surface area (Å²) < 4.78 is 0. The zero-order valence-electron chi connectivity index (χ0n) is 17.8. The van der Waals surface area contributed by atoms with Crippen LogP contribution in [0.2, 0.25) is 0 Å². The maximum atomic E-state index is 13.2.